The molecule has 2 amide bonds. The van der Waals surface area contributed by atoms with Gasteiger partial charge in [-0.1, -0.05) is 6.07 Å². The van der Waals surface area contributed by atoms with Crippen LogP contribution < -0.4 is 14.4 Å². The lowest BCUT2D eigenvalue weighted by molar-refractivity contribution is -0.384. The number of amides is 2. The fourth-order valence-corrected chi connectivity index (χ4v) is 3.32. The quantitative estimate of drug-likeness (QED) is 0.193. The number of fused-ring (bicyclic) bond motifs is 1. The summed E-state index contributed by atoms with van der Waals surface area (Å²) in [5.41, 5.74) is 1.18. The van der Waals surface area contributed by atoms with E-state index in [0.717, 1.165) is 10.5 Å². The minimum Gasteiger partial charge on any atom is -0.457 e. The van der Waals surface area contributed by atoms with Crippen LogP contribution in [0.5, 0.6) is 17.2 Å². The van der Waals surface area contributed by atoms with Gasteiger partial charge in [0.1, 0.15) is 11.5 Å². The summed E-state index contributed by atoms with van der Waals surface area (Å²) in [6.45, 7) is 3.02. The third-order valence-electron chi connectivity index (χ3n) is 4.75. The first-order valence-corrected chi connectivity index (χ1v) is 9.49. The summed E-state index contributed by atoms with van der Waals surface area (Å²) in [6.07, 6.45) is 0. The Labute approximate surface area is 181 Å². The third-order valence-corrected chi connectivity index (χ3v) is 4.75. The number of hydrogen-bond acceptors (Lipinski definition) is 7. The molecule has 0 N–H and O–H groups in total. The Morgan fingerprint density at radius 3 is 2.22 bits per heavy atom. The van der Waals surface area contributed by atoms with Crippen molar-refractivity contribution in [3.05, 3.63) is 87.5 Å². The molecule has 1 heterocycles. The van der Waals surface area contributed by atoms with E-state index in [1.54, 1.807) is 19.1 Å². The molecule has 0 aromatic heterocycles. The molecule has 0 unspecified atom stereocenters. The lowest BCUT2D eigenvalue weighted by atomic mass is 10.1. The largest absolute Gasteiger partial charge is 0.457 e. The number of rotatable bonds is 5. The van der Waals surface area contributed by atoms with Crippen LogP contribution in [-0.2, 0) is 4.79 Å². The van der Waals surface area contributed by atoms with Crippen molar-refractivity contribution in [3.63, 3.8) is 0 Å². The number of nitro groups is 1. The average Bonchev–Trinajstić information content (AvgIpc) is 2.99. The molecule has 160 valence electrons. The molecule has 1 aliphatic heterocycles. The van der Waals surface area contributed by atoms with Crippen LogP contribution in [0.1, 0.15) is 33.2 Å². The van der Waals surface area contributed by atoms with Gasteiger partial charge in [-0.3, -0.25) is 24.5 Å². The van der Waals surface area contributed by atoms with Crippen molar-refractivity contribution in [3.8, 4) is 17.2 Å². The number of nitro benzene ring substituents is 1. The number of hydrogen-bond donors (Lipinski definition) is 0. The number of ether oxygens (including phenoxy) is 2. The Kier molecular flexibility index (Phi) is 5.15. The smallest absolute Gasteiger partial charge is 0.308 e. The zero-order chi connectivity index (χ0) is 23.0. The number of carbonyl (C=O) groups is 3. The highest BCUT2D eigenvalue weighted by Gasteiger charge is 2.38. The van der Waals surface area contributed by atoms with Crippen molar-refractivity contribution in [2.75, 3.05) is 4.90 Å². The Morgan fingerprint density at radius 2 is 1.56 bits per heavy atom. The lowest BCUT2D eigenvalue weighted by Crippen LogP contribution is -2.30. The molecule has 0 saturated heterocycles. The summed E-state index contributed by atoms with van der Waals surface area (Å²) in [7, 11) is 0. The van der Waals surface area contributed by atoms with Crippen LogP contribution in [-0.4, -0.2) is 22.7 Å². The summed E-state index contributed by atoms with van der Waals surface area (Å²) in [5.74, 6) is -1.00. The van der Waals surface area contributed by atoms with Crippen LogP contribution in [0.15, 0.2) is 60.7 Å². The number of nitrogens with zero attached hydrogens (tertiary/aromatic N) is 2. The van der Waals surface area contributed by atoms with Crippen LogP contribution in [0.4, 0.5) is 11.4 Å². The average molecular weight is 432 g/mol. The van der Waals surface area contributed by atoms with E-state index >= 15 is 0 Å². The Bertz CT molecular complexity index is 1280. The maximum atomic E-state index is 13.1. The first kappa shape index (κ1) is 20.7. The number of imide groups is 1. The summed E-state index contributed by atoms with van der Waals surface area (Å²) in [4.78, 5) is 48.8. The van der Waals surface area contributed by atoms with Crippen LogP contribution in [0.25, 0.3) is 0 Å². The van der Waals surface area contributed by atoms with Crippen LogP contribution >= 0.6 is 0 Å². The topological polar surface area (TPSA) is 116 Å². The number of esters is 1. The molecule has 1 aliphatic rings. The minimum absolute atomic E-state index is 0.0792. The van der Waals surface area contributed by atoms with Gasteiger partial charge in [0.15, 0.2) is 5.75 Å². The van der Waals surface area contributed by atoms with E-state index in [4.69, 9.17) is 9.47 Å². The van der Waals surface area contributed by atoms with E-state index in [1.165, 1.54) is 55.5 Å². The third kappa shape index (κ3) is 3.79. The van der Waals surface area contributed by atoms with E-state index in [9.17, 15) is 24.5 Å². The van der Waals surface area contributed by atoms with Gasteiger partial charge in [0.25, 0.3) is 17.5 Å². The number of anilines is 1. The maximum absolute atomic E-state index is 13.1. The first-order chi connectivity index (χ1) is 15.2. The monoisotopic (exact) mass is 432 g/mol. The zero-order valence-electron chi connectivity index (χ0n) is 17.0. The molecule has 0 radical (unpaired) electrons. The molecule has 32 heavy (non-hydrogen) atoms. The molecular formula is C23H16N2O7. The van der Waals surface area contributed by atoms with Gasteiger partial charge in [-0.05, 0) is 55.0 Å². The molecular weight excluding hydrogens is 416 g/mol. The van der Waals surface area contributed by atoms with Gasteiger partial charge in [-0.15, -0.1) is 0 Å². The number of non-ortho nitro benzene ring substituents is 1. The van der Waals surface area contributed by atoms with Crippen molar-refractivity contribution in [1.29, 1.82) is 0 Å². The number of benzene rings is 3. The van der Waals surface area contributed by atoms with Crippen molar-refractivity contribution in [2.45, 2.75) is 13.8 Å². The van der Waals surface area contributed by atoms with Crippen molar-refractivity contribution >= 4 is 29.2 Å². The minimum atomic E-state index is -0.585. The summed E-state index contributed by atoms with van der Waals surface area (Å²) < 4.78 is 10.9. The second-order valence-electron chi connectivity index (χ2n) is 7.07. The van der Waals surface area contributed by atoms with Crippen LogP contribution in [0.3, 0.4) is 0 Å². The van der Waals surface area contributed by atoms with Crippen LogP contribution in [0, 0.1) is 17.0 Å². The standard InChI is InChI=1S/C23H16N2O7/c1-13-3-10-21(31-14(2)26)20(11-13)24-22(27)18-9-8-17(12-19(18)23(24)28)32-16-6-4-15(5-7-16)25(29)30/h3-12H,1-2H3. The summed E-state index contributed by atoms with van der Waals surface area (Å²) in [5, 5.41) is 10.8. The van der Waals surface area contributed by atoms with Gasteiger partial charge < -0.3 is 9.47 Å². The van der Waals surface area contributed by atoms with Gasteiger partial charge in [-0.25, -0.2) is 4.90 Å². The normalized spacial score (nSPS) is 12.5. The fraction of sp³-hybridized carbons (Fsp3) is 0.0870. The fourth-order valence-electron chi connectivity index (χ4n) is 3.32. The predicted octanol–water partition coefficient (Wildman–Crippen LogP) is 4.42. The molecule has 0 spiro atoms. The Morgan fingerprint density at radius 1 is 0.906 bits per heavy atom. The summed E-state index contributed by atoms with van der Waals surface area (Å²) >= 11 is 0. The van der Waals surface area contributed by atoms with Gasteiger partial charge >= 0.3 is 5.97 Å². The van der Waals surface area contributed by atoms with Gasteiger partial charge in [0.2, 0.25) is 0 Å². The van der Waals surface area contributed by atoms with E-state index in [2.05, 4.69) is 0 Å². The second-order valence-corrected chi connectivity index (χ2v) is 7.07. The molecule has 0 aliphatic carbocycles. The highest BCUT2D eigenvalue weighted by molar-refractivity contribution is 6.35. The van der Waals surface area contributed by atoms with Crippen molar-refractivity contribution in [1.82, 2.24) is 0 Å². The van der Waals surface area contributed by atoms with E-state index < -0.39 is 22.7 Å². The molecule has 9 heteroatoms. The Balaban J connectivity index is 1.66. The van der Waals surface area contributed by atoms with E-state index in [-0.39, 0.29) is 34.0 Å². The van der Waals surface area contributed by atoms with E-state index in [1.807, 2.05) is 0 Å². The molecule has 0 saturated carbocycles. The van der Waals surface area contributed by atoms with E-state index in [0.29, 0.717) is 5.75 Å². The Hall–Kier alpha value is -4.53. The van der Waals surface area contributed by atoms with Gasteiger partial charge in [-0.2, -0.15) is 0 Å². The molecule has 0 fully saturated rings. The van der Waals surface area contributed by atoms with Crippen LogP contribution in [0.2, 0.25) is 0 Å². The van der Waals surface area contributed by atoms with Gasteiger partial charge in [0, 0.05) is 19.1 Å². The summed E-state index contributed by atoms with van der Waals surface area (Å²) in [6, 6.07) is 14.7. The molecule has 4 rings (SSSR count). The second kappa shape index (κ2) is 7.95. The lowest BCUT2D eigenvalue weighted by Gasteiger charge is -2.18. The van der Waals surface area contributed by atoms with Crippen molar-refractivity contribution in [2.24, 2.45) is 0 Å². The SMILES string of the molecule is CC(=O)Oc1ccc(C)cc1N1C(=O)c2ccc(Oc3ccc([N+](=O)[O-])cc3)cc2C1=O. The predicted molar refractivity (Wildman–Crippen MR) is 113 cm³/mol. The first-order valence-electron chi connectivity index (χ1n) is 9.49. The number of aryl methyl sites for hydroxylation is 1. The molecule has 3 aromatic rings. The van der Waals surface area contributed by atoms with Crippen molar-refractivity contribution < 1.29 is 28.8 Å². The molecule has 9 nitrogen and oxygen atoms in total. The van der Waals surface area contributed by atoms with Gasteiger partial charge in [0.05, 0.1) is 21.7 Å². The highest BCUT2D eigenvalue weighted by Crippen LogP contribution is 2.37. The molecule has 0 bridgehead atoms. The molecule has 0 atom stereocenters. The highest BCUT2D eigenvalue weighted by atomic mass is 16.6. The molecule has 3 aromatic carbocycles. The number of carbonyl (C=O) groups excluding carboxylic acids is 3. The maximum Gasteiger partial charge on any atom is 0.308 e. The zero-order valence-corrected chi connectivity index (χ0v) is 17.0.